The lowest BCUT2D eigenvalue weighted by Crippen LogP contribution is -2.08. The van der Waals surface area contributed by atoms with Gasteiger partial charge in [0.05, 0.1) is 0 Å². The number of aryl methyl sites for hydroxylation is 1. The fourth-order valence-electron chi connectivity index (χ4n) is 2.26. The SMILES string of the molecule is Cn1ccnc1CCNc1ccc2ccccc2c1. The minimum atomic E-state index is 0.892. The summed E-state index contributed by atoms with van der Waals surface area (Å²) in [5.41, 5.74) is 1.16. The highest BCUT2D eigenvalue weighted by Gasteiger charge is 1.99. The normalized spacial score (nSPS) is 10.8. The fraction of sp³-hybridized carbons (Fsp3) is 0.188. The quantitative estimate of drug-likeness (QED) is 0.771. The average molecular weight is 251 g/mol. The van der Waals surface area contributed by atoms with Gasteiger partial charge in [-0.2, -0.15) is 0 Å². The van der Waals surface area contributed by atoms with Gasteiger partial charge in [-0.25, -0.2) is 4.98 Å². The molecule has 0 fully saturated rings. The van der Waals surface area contributed by atoms with Gasteiger partial charge in [0.15, 0.2) is 0 Å². The molecule has 3 heteroatoms. The van der Waals surface area contributed by atoms with Gasteiger partial charge in [0, 0.05) is 38.1 Å². The van der Waals surface area contributed by atoms with Crippen LogP contribution in [0.3, 0.4) is 0 Å². The molecule has 0 unspecified atom stereocenters. The van der Waals surface area contributed by atoms with Crippen LogP contribution in [-0.4, -0.2) is 16.1 Å². The van der Waals surface area contributed by atoms with Crippen molar-refractivity contribution >= 4 is 16.5 Å². The van der Waals surface area contributed by atoms with Crippen molar-refractivity contribution in [1.29, 1.82) is 0 Å². The van der Waals surface area contributed by atoms with E-state index in [4.69, 9.17) is 0 Å². The fourth-order valence-corrected chi connectivity index (χ4v) is 2.26. The summed E-state index contributed by atoms with van der Waals surface area (Å²) in [6.07, 6.45) is 4.74. The Bertz CT molecular complexity index is 685. The predicted octanol–water partition coefficient (Wildman–Crippen LogP) is 3.23. The average Bonchev–Trinajstić information content (AvgIpc) is 2.84. The van der Waals surface area contributed by atoms with E-state index < -0.39 is 0 Å². The van der Waals surface area contributed by atoms with E-state index >= 15 is 0 Å². The minimum Gasteiger partial charge on any atom is -0.385 e. The first-order chi connectivity index (χ1) is 9.33. The second kappa shape index (κ2) is 5.14. The molecule has 0 saturated carbocycles. The zero-order valence-corrected chi connectivity index (χ0v) is 11.0. The first kappa shape index (κ1) is 11.8. The molecule has 0 bridgehead atoms. The standard InChI is InChI=1S/C16H17N3/c1-19-11-10-18-16(19)8-9-17-15-7-6-13-4-2-3-5-14(13)12-15/h2-7,10-12,17H,8-9H2,1H3. The number of imidazole rings is 1. The zero-order valence-electron chi connectivity index (χ0n) is 11.0. The van der Waals surface area contributed by atoms with E-state index in [9.17, 15) is 0 Å². The number of fused-ring (bicyclic) bond motifs is 1. The third-order valence-corrected chi connectivity index (χ3v) is 3.35. The number of hydrogen-bond acceptors (Lipinski definition) is 2. The van der Waals surface area contributed by atoms with Gasteiger partial charge >= 0.3 is 0 Å². The number of rotatable bonds is 4. The molecule has 2 aromatic carbocycles. The molecule has 1 aromatic heterocycles. The Morgan fingerprint density at radius 3 is 2.74 bits per heavy atom. The molecule has 0 aliphatic rings. The van der Waals surface area contributed by atoms with Gasteiger partial charge in [-0.1, -0.05) is 30.3 Å². The van der Waals surface area contributed by atoms with E-state index in [2.05, 4.69) is 57.3 Å². The topological polar surface area (TPSA) is 29.9 Å². The summed E-state index contributed by atoms with van der Waals surface area (Å²) in [6, 6.07) is 14.9. The van der Waals surface area contributed by atoms with Crippen LogP contribution in [0.15, 0.2) is 54.9 Å². The first-order valence-electron chi connectivity index (χ1n) is 6.52. The first-order valence-corrected chi connectivity index (χ1v) is 6.52. The molecule has 3 rings (SSSR count). The van der Waals surface area contributed by atoms with Crippen LogP contribution in [0.5, 0.6) is 0 Å². The van der Waals surface area contributed by atoms with Gasteiger partial charge in [-0.05, 0) is 22.9 Å². The van der Waals surface area contributed by atoms with Crippen LogP contribution < -0.4 is 5.32 Å². The number of hydrogen-bond donors (Lipinski definition) is 1. The van der Waals surface area contributed by atoms with Gasteiger partial charge in [0.1, 0.15) is 5.82 Å². The van der Waals surface area contributed by atoms with Crippen LogP contribution in [0, 0.1) is 0 Å². The van der Waals surface area contributed by atoms with Crippen LogP contribution >= 0.6 is 0 Å². The third kappa shape index (κ3) is 2.60. The summed E-state index contributed by atoms with van der Waals surface area (Å²) in [5, 5.41) is 5.99. The van der Waals surface area contributed by atoms with Gasteiger partial charge in [0.25, 0.3) is 0 Å². The molecule has 1 N–H and O–H groups in total. The predicted molar refractivity (Wildman–Crippen MR) is 79.3 cm³/mol. The molecule has 0 aliphatic heterocycles. The van der Waals surface area contributed by atoms with E-state index in [0.717, 1.165) is 24.5 Å². The third-order valence-electron chi connectivity index (χ3n) is 3.35. The van der Waals surface area contributed by atoms with Crippen molar-refractivity contribution in [1.82, 2.24) is 9.55 Å². The van der Waals surface area contributed by atoms with Crippen LogP contribution in [0.25, 0.3) is 10.8 Å². The second-order valence-electron chi connectivity index (χ2n) is 4.69. The van der Waals surface area contributed by atoms with Crippen molar-refractivity contribution < 1.29 is 0 Å². The molecule has 0 saturated heterocycles. The largest absolute Gasteiger partial charge is 0.385 e. The number of benzene rings is 2. The van der Waals surface area contributed by atoms with Crippen LogP contribution in [0.1, 0.15) is 5.82 Å². The van der Waals surface area contributed by atoms with Gasteiger partial charge < -0.3 is 9.88 Å². The van der Waals surface area contributed by atoms with Crippen molar-refractivity contribution in [3.05, 3.63) is 60.7 Å². The maximum Gasteiger partial charge on any atom is 0.110 e. The summed E-state index contributed by atoms with van der Waals surface area (Å²) >= 11 is 0. The highest BCUT2D eigenvalue weighted by atomic mass is 15.0. The van der Waals surface area contributed by atoms with Crippen LogP contribution in [-0.2, 0) is 13.5 Å². The molecule has 0 atom stereocenters. The Morgan fingerprint density at radius 2 is 1.95 bits per heavy atom. The van der Waals surface area contributed by atoms with Crippen LogP contribution in [0.2, 0.25) is 0 Å². The number of aromatic nitrogens is 2. The monoisotopic (exact) mass is 251 g/mol. The minimum absolute atomic E-state index is 0.892. The highest BCUT2D eigenvalue weighted by Crippen LogP contribution is 2.18. The molecular formula is C16H17N3. The lowest BCUT2D eigenvalue weighted by molar-refractivity contribution is 0.790. The maximum atomic E-state index is 4.32. The van der Waals surface area contributed by atoms with Crippen LogP contribution in [0.4, 0.5) is 5.69 Å². The Hall–Kier alpha value is -2.29. The summed E-state index contributed by atoms with van der Waals surface area (Å²) in [6.45, 7) is 0.892. The highest BCUT2D eigenvalue weighted by molar-refractivity contribution is 5.85. The van der Waals surface area contributed by atoms with Crippen molar-refractivity contribution in [3.8, 4) is 0 Å². The molecule has 0 amide bonds. The molecular weight excluding hydrogens is 234 g/mol. The van der Waals surface area contributed by atoms with Crippen molar-refractivity contribution in [3.63, 3.8) is 0 Å². The lowest BCUT2D eigenvalue weighted by atomic mass is 10.1. The van der Waals surface area contributed by atoms with Crippen molar-refractivity contribution in [2.24, 2.45) is 7.05 Å². The molecule has 19 heavy (non-hydrogen) atoms. The summed E-state index contributed by atoms with van der Waals surface area (Å²) in [7, 11) is 2.03. The zero-order chi connectivity index (χ0) is 13.1. The van der Waals surface area contributed by atoms with E-state index in [1.54, 1.807) is 0 Å². The van der Waals surface area contributed by atoms with Gasteiger partial charge in [0.2, 0.25) is 0 Å². The molecule has 0 radical (unpaired) electrons. The van der Waals surface area contributed by atoms with E-state index in [1.165, 1.54) is 10.8 Å². The van der Waals surface area contributed by atoms with Gasteiger partial charge in [-0.15, -0.1) is 0 Å². The molecule has 3 nitrogen and oxygen atoms in total. The number of nitrogens with zero attached hydrogens (tertiary/aromatic N) is 2. The lowest BCUT2D eigenvalue weighted by Gasteiger charge is -2.07. The van der Waals surface area contributed by atoms with E-state index in [1.807, 2.05) is 19.4 Å². The number of anilines is 1. The molecule has 3 aromatic rings. The molecule has 96 valence electrons. The summed E-state index contributed by atoms with van der Waals surface area (Å²) < 4.78 is 2.06. The maximum absolute atomic E-state index is 4.32. The summed E-state index contributed by atoms with van der Waals surface area (Å²) in [5.74, 6) is 1.10. The molecule has 1 heterocycles. The van der Waals surface area contributed by atoms with Crippen molar-refractivity contribution in [2.45, 2.75) is 6.42 Å². The Morgan fingerprint density at radius 1 is 1.11 bits per heavy atom. The Balaban J connectivity index is 1.67. The van der Waals surface area contributed by atoms with E-state index in [0.29, 0.717) is 0 Å². The van der Waals surface area contributed by atoms with Crippen molar-refractivity contribution in [2.75, 3.05) is 11.9 Å². The Kier molecular flexibility index (Phi) is 3.19. The van der Waals surface area contributed by atoms with E-state index in [-0.39, 0.29) is 0 Å². The Labute approximate surface area is 112 Å². The number of nitrogens with one attached hydrogen (secondary N) is 1. The second-order valence-corrected chi connectivity index (χ2v) is 4.69. The smallest absolute Gasteiger partial charge is 0.110 e. The summed E-state index contributed by atoms with van der Waals surface area (Å²) in [4.78, 5) is 4.32. The molecule has 0 aliphatic carbocycles. The molecule has 0 spiro atoms. The van der Waals surface area contributed by atoms with Gasteiger partial charge in [-0.3, -0.25) is 0 Å².